The Labute approximate surface area is 103 Å². The van der Waals surface area contributed by atoms with E-state index in [1.165, 1.54) is 7.11 Å². The van der Waals surface area contributed by atoms with Gasteiger partial charge in [0.05, 0.1) is 19.8 Å². The van der Waals surface area contributed by atoms with Crippen molar-refractivity contribution in [3.05, 3.63) is 28.8 Å². The van der Waals surface area contributed by atoms with Crippen molar-refractivity contribution in [2.75, 3.05) is 14.2 Å². The second-order valence-corrected chi connectivity index (χ2v) is 4.56. The summed E-state index contributed by atoms with van der Waals surface area (Å²) in [5, 5.41) is 0. The van der Waals surface area contributed by atoms with E-state index in [-0.39, 0.29) is 5.97 Å². The maximum absolute atomic E-state index is 11.8. The molecule has 1 rings (SSSR count). The molecule has 94 valence electrons. The molecule has 0 aromatic heterocycles. The molecule has 3 heteroatoms. The van der Waals surface area contributed by atoms with Gasteiger partial charge in [-0.2, -0.15) is 0 Å². The summed E-state index contributed by atoms with van der Waals surface area (Å²) in [6.07, 6.45) is 0.861. The predicted molar refractivity (Wildman–Crippen MR) is 67.6 cm³/mol. The Kier molecular flexibility index (Phi) is 4.55. The van der Waals surface area contributed by atoms with Gasteiger partial charge in [0.2, 0.25) is 0 Å². The summed E-state index contributed by atoms with van der Waals surface area (Å²) in [5.41, 5.74) is 2.73. The molecule has 0 fully saturated rings. The molecule has 0 bridgehead atoms. The summed E-state index contributed by atoms with van der Waals surface area (Å²) in [4.78, 5) is 11.8. The molecule has 1 aromatic rings. The van der Waals surface area contributed by atoms with Crippen LogP contribution in [0.5, 0.6) is 5.75 Å². The van der Waals surface area contributed by atoms with Gasteiger partial charge in [0.25, 0.3) is 0 Å². The van der Waals surface area contributed by atoms with Crippen LogP contribution in [0.2, 0.25) is 0 Å². The van der Waals surface area contributed by atoms with Gasteiger partial charge in [-0.25, -0.2) is 4.79 Å². The molecular formula is C14H20O3. The van der Waals surface area contributed by atoms with Crippen LogP contribution in [0.4, 0.5) is 0 Å². The highest BCUT2D eigenvalue weighted by molar-refractivity contribution is 5.92. The van der Waals surface area contributed by atoms with Gasteiger partial charge in [-0.15, -0.1) is 0 Å². The normalized spacial score (nSPS) is 10.5. The third-order valence-electron chi connectivity index (χ3n) is 2.70. The van der Waals surface area contributed by atoms with Crippen molar-refractivity contribution in [3.8, 4) is 5.75 Å². The van der Waals surface area contributed by atoms with E-state index < -0.39 is 0 Å². The minimum Gasteiger partial charge on any atom is -0.497 e. The Morgan fingerprint density at radius 1 is 1.29 bits per heavy atom. The van der Waals surface area contributed by atoms with Crippen molar-refractivity contribution < 1.29 is 14.3 Å². The van der Waals surface area contributed by atoms with E-state index in [2.05, 4.69) is 13.8 Å². The van der Waals surface area contributed by atoms with E-state index >= 15 is 0 Å². The second-order valence-electron chi connectivity index (χ2n) is 4.56. The molecule has 1 aromatic carbocycles. The van der Waals surface area contributed by atoms with Crippen LogP contribution in [-0.2, 0) is 11.2 Å². The van der Waals surface area contributed by atoms with Gasteiger partial charge in [0, 0.05) is 0 Å². The van der Waals surface area contributed by atoms with Crippen LogP contribution in [0.3, 0.4) is 0 Å². The van der Waals surface area contributed by atoms with Crippen molar-refractivity contribution in [1.29, 1.82) is 0 Å². The fourth-order valence-electron chi connectivity index (χ4n) is 1.87. The monoisotopic (exact) mass is 236 g/mol. The van der Waals surface area contributed by atoms with Crippen LogP contribution in [0.15, 0.2) is 12.1 Å². The molecule has 3 nitrogen and oxygen atoms in total. The average Bonchev–Trinajstić information content (AvgIpc) is 2.29. The highest BCUT2D eigenvalue weighted by Gasteiger charge is 2.16. The van der Waals surface area contributed by atoms with Crippen LogP contribution < -0.4 is 4.74 Å². The fourth-order valence-corrected chi connectivity index (χ4v) is 1.87. The van der Waals surface area contributed by atoms with Gasteiger partial charge >= 0.3 is 5.97 Å². The van der Waals surface area contributed by atoms with Gasteiger partial charge in [-0.3, -0.25) is 0 Å². The highest BCUT2D eigenvalue weighted by Crippen LogP contribution is 2.25. The molecule has 0 aliphatic carbocycles. The first-order valence-corrected chi connectivity index (χ1v) is 5.75. The second kappa shape index (κ2) is 5.71. The van der Waals surface area contributed by atoms with Crippen LogP contribution in [-0.4, -0.2) is 20.2 Å². The highest BCUT2D eigenvalue weighted by atomic mass is 16.5. The average molecular weight is 236 g/mol. The summed E-state index contributed by atoms with van der Waals surface area (Å²) in [6, 6.07) is 3.70. The molecule has 0 saturated heterocycles. The lowest BCUT2D eigenvalue weighted by Gasteiger charge is -2.15. The summed E-state index contributed by atoms with van der Waals surface area (Å²) >= 11 is 0. The Balaban J connectivity index is 3.29. The topological polar surface area (TPSA) is 35.5 Å². The summed E-state index contributed by atoms with van der Waals surface area (Å²) in [6.45, 7) is 6.25. The maximum Gasteiger partial charge on any atom is 0.338 e. The van der Waals surface area contributed by atoms with Gasteiger partial charge in [0.1, 0.15) is 5.75 Å². The molecule has 17 heavy (non-hydrogen) atoms. The Morgan fingerprint density at radius 2 is 1.94 bits per heavy atom. The number of hydrogen-bond acceptors (Lipinski definition) is 3. The van der Waals surface area contributed by atoms with E-state index in [1.54, 1.807) is 13.2 Å². The van der Waals surface area contributed by atoms with Gasteiger partial charge < -0.3 is 9.47 Å². The number of carbonyl (C=O) groups excluding carboxylic acids is 1. The number of esters is 1. The summed E-state index contributed by atoms with van der Waals surface area (Å²) < 4.78 is 10.0. The lowest BCUT2D eigenvalue weighted by Crippen LogP contribution is -2.10. The van der Waals surface area contributed by atoms with E-state index in [0.29, 0.717) is 17.2 Å². The molecule has 0 amide bonds. The quantitative estimate of drug-likeness (QED) is 0.754. The molecule has 0 unspecified atom stereocenters. The number of benzene rings is 1. The van der Waals surface area contributed by atoms with Crippen LogP contribution in [0, 0.1) is 12.8 Å². The first kappa shape index (κ1) is 13.6. The van der Waals surface area contributed by atoms with Gasteiger partial charge in [-0.05, 0) is 42.5 Å². The zero-order valence-electron chi connectivity index (χ0n) is 11.2. The Bertz CT molecular complexity index is 408. The van der Waals surface area contributed by atoms with E-state index in [0.717, 1.165) is 17.5 Å². The first-order valence-electron chi connectivity index (χ1n) is 5.75. The van der Waals surface area contributed by atoms with Crippen LogP contribution in [0.25, 0.3) is 0 Å². The smallest absolute Gasteiger partial charge is 0.338 e. The molecule has 0 aliphatic rings. The first-order chi connectivity index (χ1) is 7.99. The molecule has 0 radical (unpaired) electrons. The maximum atomic E-state index is 11.8. The van der Waals surface area contributed by atoms with Crippen LogP contribution in [0.1, 0.15) is 35.3 Å². The molecule has 0 atom stereocenters. The minimum atomic E-state index is -0.303. The number of rotatable bonds is 4. The summed E-state index contributed by atoms with van der Waals surface area (Å²) in [7, 11) is 2.99. The lowest BCUT2D eigenvalue weighted by atomic mass is 9.93. The Morgan fingerprint density at radius 3 is 2.41 bits per heavy atom. The van der Waals surface area contributed by atoms with Gasteiger partial charge in [-0.1, -0.05) is 13.8 Å². The molecule has 0 N–H and O–H groups in total. The molecule has 0 saturated carbocycles. The van der Waals surface area contributed by atoms with Gasteiger partial charge in [0.15, 0.2) is 0 Å². The van der Waals surface area contributed by atoms with E-state index in [1.807, 2.05) is 13.0 Å². The predicted octanol–water partition coefficient (Wildman–Crippen LogP) is 2.99. The molecule has 0 spiro atoms. The van der Waals surface area contributed by atoms with Crippen molar-refractivity contribution in [2.45, 2.75) is 27.2 Å². The number of aryl methyl sites for hydroxylation is 1. The molecule has 0 heterocycles. The molecular weight excluding hydrogens is 216 g/mol. The standard InChI is InChI=1S/C14H20O3/c1-9(2)6-12-10(3)7-11(16-4)8-13(12)14(15)17-5/h7-9H,6H2,1-5H3. The third kappa shape index (κ3) is 3.22. The van der Waals surface area contributed by atoms with Crippen molar-refractivity contribution in [3.63, 3.8) is 0 Å². The van der Waals surface area contributed by atoms with Crippen molar-refractivity contribution >= 4 is 5.97 Å². The minimum absolute atomic E-state index is 0.303. The summed E-state index contributed by atoms with van der Waals surface area (Å²) in [5.74, 6) is 0.878. The number of carbonyl (C=O) groups is 1. The van der Waals surface area contributed by atoms with Crippen LogP contribution >= 0.6 is 0 Å². The third-order valence-corrected chi connectivity index (χ3v) is 2.70. The number of ether oxygens (including phenoxy) is 2. The molecule has 0 aliphatic heterocycles. The van der Waals surface area contributed by atoms with E-state index in [4.69, 9.17) is 9.47 Å². The number of methoxy groups -OCH3 is 2. The zero-order valence-corrected chi connectivity index (χ0v) is 11.2. The SMILES string of the molecule is COC(=O)c1cc(OC)cc(C)c1CC(C)C. The lowest BCUT2D eigenvalue weighted by molar-refractivity contribution is 0.0598. The van der Waals surface area contributed by atoms with E-state index in [9.17, 15) is 4.79 Å². The number of hydrogen-bond donors (Lipinski definition) is 0. The zero-order chi connectivity index (χ0) is 13.0. The largest absolute Gasteiger partial charge is 0.497 e. The fraction of sp³-hybridized carbons (Fsp3) is 0.500. The van der Waals surface area contributed by atoms with Crippen molar-refractivity contribution in [2.24, 2.45) is 5.92 Å². The van der Waals surface area contributed by atoms with Crippen molar-refractivity contribution in [1.82, 2.24) is 0 Å². The Hall–Kier alpha value is -1.51.